The number of hydrogen-bond donors (Lipinski definition) is 0. The number of nitrogens with zero attached hydrogens (tertiary/aromatic N) is 3. The minimum Gasteiger partial charge on any atom is -0.0622 e. The van der Waals surface area contributed by atoms with E-state index < -0.39 is 0 Å². The zero-order chi connectivity index (χ0) is 11.4. The summed E-state index contributed by atoms with van der Waals surface area (Å²) in [6.07, 6.45) is 0. The molecule has 0 amide bonds. The summed E-state index contributed by atoms with van der Waals surface area (Å²) >= 11 is 0. The Bertz CT molecular complexity index is 540. The quantitative estimate of drug-likeness (QED) is 0.394. The third-order valence-electron chi connectivity index (χ3n) is 2.46. The lowest BCUT2D eigenvalue weighted by atomic mass is 10.0. The first-order valence-electron chi connectivity index (χ1n) is 5.02. The van der Waals surface area contributed by atoms with Crippen LogP contribution in [0.1, 0.15) is 5.56 Å². The molecule has 0 aliphatic carbocycles. The highest BCUT2D eigenvalue weighted by molar-refractivity contribution is 5.67. The topological polar surface area (TPSA) is 48.8 Å². The van der Waals surface area contributed by atoms with Crippen LogP contribution in [0.25, 0.3) is 21.6 Å². The zero-order valence-electron chi connectivity index (χ0n) is 8.96. The van der Waals surface area contributed by atoms with Gasteiger partial charge in [-0.2, -0.15) is 0 Å². The Morgan fingerprint density at radius 3 is 2.38 bits per heavy atom. The molecule has 16 heavy (non-hydrogen) atoms. The molecule has 3 heteroatoms. The summed E-state index contributed by atoms with van der Waals surface area (Å²) in [6.45, 7) is 1.94. The third-order valence-corrected chi connectivity index (χ3v) is 2.46. The molecule has 0 radical (unpaired) electrons. The molecule has 2 rings (SSSR count). The van der Waals surface area contributed by atoms with Gasteiger partial charge in [0.05, 0.1) is 0 Å². The second-order valence-electron chi connectivity index (χ2n) is 3.56. The first-order chi connectivity index (χ1) is 7.81. The number of azide groups is 1. The molecule has 0 aliphatic heterocycles. The van der Waals surface area contributed by atoms with Gasteiger partial charge in [-0.1, -0.05) is 53.6 Å². The van der Waals surface area contributed by atoms with Gasteiger partial charge in [0, 0.05) is 10.6 Å². The Morgan fingerprint density at radius 2 is 1.75 bits per heavy atom. The SMILES string of the molecule is Cc1cc(-c2ccccc2)ccc1N=[N+]=[N-]. The summed E-state index contributed by atoms with van der Waals surface area (Å²) < 4.78 is 0. The van der Waals surface area contributed by atoms with Gasteiger partial charge in [-0.15, -0.1) is 0 Å². The van der Waals surface area contributed by atoms with Gasteiger partial charge in [-0.05, 0) is 29.1 Å². The molecule has 0 saturated heterocycles. The standard InChI is InChI=1S/C13H11N3/c1-10-9-12(7-8-13(10)15-16-14)11-5-3-2-4-6-11/h2-9H,1H3. The number of benzene rings is 2. The van der Waals surface area contributed by atoms with Crippen molar-refractivity contribution in [3.8, 4) is 11.1 Å². The van der Waals surface area contributed by atoms with Crippen molar-refractivity contribution >= 4 is 5.69 Å². The van der Waals surface area contributed by atoms with E-state index >= 15 is 0 Å². The fraction of sp³-hybridized carbons (Fsp3) is 0.0769. The van der Waals surface area contributed by atoms with Gasteiger partial charge in [0.25, 0.3) is 0 Å². The molecule has 0 atom stereocenters. The van der Waals surface area contributed by atoms with Crippen LogP contribution in [-0.2, 0) is 0 Å². The molecule has 78 valence electrons. The number of rotatable bonds is 2. The van der Waals surface area contributed by atoms with Crippen LogP contribution >= 0.6 is 0 Å². The average molecular weight is 209 g/mol. The van der Waals surface area contributed by atoms with Crippen LogP contribution in [0.15, 0.2) is 53.6 Å². The van der Waals surface area contributed by atoms with Crippen LogP contribution in [-0.4, -0.2) is 0 Å². The minimum absolute atomic E-state index is 0.683. The lowest BCUT2D eigenvalue weighted by molar-refractivity contribution is 1.37. The average Bonchev–Trinajstić information content (AvgIpc) is 2.33. The fourth-order valence-corrected chi connectivity index (χ4v) is 1.63. The Morgan fingerprint density at radius 1 is 1.00 bits per heavy atom. The molecule has 0 bridgehead atoms. The van der Waals surface area contributed by atoms with E-state index in [9.17, 15) is 0 Å². The molecule has 0 unspecified atom stereocenters. The first-order valence-corrected chi connectivity index (χ1v) is 5.02. The molecule has 3 nitrogen and oxygen atoms in total. The highest BCUT2D eigenvalue weighted by atomic mass is 15.1. The normalized spacial score (nSPS) is 9.56. The molecular weight excluding hydrogens is 198 g/mol. The maximum absolute atomic E-state index is 8.39. The highest BCUT2D eigenvalue weighted by Crippen LogP contribution is 2.26. The van der Waals surface area contributed by atoms with E-state index in [-0.39, 0.29) is 0 Å². The van der Waals surface area contributed by atoms with Crippen molar-refractivity contribution in [3.05, 3.63) is 64.5 Å². The third kappa shape index (κ3) is 2.05. The van der Waals surface area contributed by atoms with E-state index in [1.807, 2.05) is 43.3 Å². The second kappa shape index (κ2) is 4.51. The first kappa shape index (κ1) is 10.3. The molecule has 2 aromatic carbocycles. The van der Waals surface area contributed by atoms with E-state index in [0.29, 0.717) is 5.69 Å². The smallest absolute Gasteiger partial charge is 0.0404 e. The summed E-state index contributed by atoms with van der Waals surface area (Å²) in [4.78, 5) is 2.79. The summed E-state index contributed by atoms with van der Waals surface area (Å²) in [5, 5.41) is 3.62. The molecule has 0 heterocycles. The van der Waals surface area contributed by atoms with Crippen LogP contribution < -0.4 is 0 Å². The summed E-state index contributed by atoms with van der Waals surface area (Å²) in [6, 6.07) is 16.0. The van der Waals surface area contributed by atoms with Gasteiger partial charge in [-0.25, -0.2) is 0 Å². The Hall–Kier alpha value is -2.25. The van der Waals surface area contributed by atoms with Crippen molar-refractivity contribution in [1.29, 1.82) is 0 Å². The van der Waals surface area contributed by atoms with Crippen molar-refractivity contribution in [2.45, 2.75) is 6.92 Å². The number of hydrogen-bond acceptors (Lipinski definition) is 1. The van der Waals surface area contributed by atoms with Gasteiger partial charge in [0.2, 0.25) is 0 Å². The van der Waals surface area contributed by atoms with Crippen LogP contribution in [0.5, 0.6) is 0 Å². The van der Waals surface area contributed by atoms with E-state index in [1.165, 1.54) is 0 Å². The second-order valence-corrected chi connectivity index (χ2v) is 3.56. The van der Waals surface area contributed by atoms with Crippen LogP contribution in [0.4, 0.5) is 5.69 Å². The van der Waals surface area contributed by atoms with Crippen LogP contribution in [0.2, 0.25) is 0 Å². The predicted molar refractivity (Wildman–Crippen MR) is 65.4 cm³/mol. The molecule has 0 saturated carbocycles. The van der Waals surface area contributed by atoms with Gasteiger partial charge in [0.1, 0.15) is 0 Å². The van der Waals surface area contributed by atoms with Crippen molar-refractivity contribution in [3.63, 3.8) is 0 Å². The van der Waals surface area contributed by atoms with Crippen LogP contribution in [0.3, 0.4) is 0 Å². The summed E-state index contributed by atoms with van der Waals surface area (Å²) in [5.74, 6) is 0. The van der Waals surface area contributed by atoms with E-state index in [4.69, 9.17) is 5.53 Å². The lowest BCUT2D eigenvalue weighted by Crippen LogP contribution is -1.79. The van der Waals surface area contributed by atoms with Crippen molar-refractivity contribution in [2.24, 2.45) is 5.11 Å². The van der Waals surface area contributed by atoms with E-state index in [2.05, 4.69) is 22.2 Å². The van der Waals surface area contributed by atoms with Gasteiger partial charge in [0.15, 0.2) is 0 Å². The van der Waals surface area contributed by atoms with E-state index in [1.54, 1.807) is 0 Å². The van der Waals surface area contributed by atoms with E-state index in [0.717, 1.165) is 16.7 Å². The lowest BCUT2D eigenvalue weighted by Gasteiger charge is -2.04. The Balaban J connectivity index is 2.46. The van der Waals surface area contributed by atoms with Gasteiger partial charge >= 0.3 is 0 Å². The fourth-order valence-electron chi connectivity index (χ4n) is 1.63. The summed E-state index contributed by atoms with van der Waals surface area (Å²) in [7, 11) is 0. The Kier molecular flexibility index (Phi) is 2.90. The minimum atomic E-state index is 0.683. The Labute approximate surface area is 94.0 Å². The largest absolute Gasteiger partial charge is 0.0622 e. The molecule has 0 aliphatic rings. The predicted octanol–water partition coefficient (Wildman–Crippen LogP) is 4.60. The maximum atomic E-state index is 8.39. The molecule has 2 aromatic rings. The molecule has 0 N–H and O–H groups in total. The van der Waals surface area contributed by atoms with Crippen LogP contribution in [0, 0.1) is 6.92 Å². The zero-order valence-corrected chi connectivity index (χ0v) is 8.96. The highest BCUT2D eigenvalue weighted by Gasteiger charge is 1.99. The molecule has 0 fully saturated rings. The van der Waals surface area contributed by atoms with Gasteiger partial charge < -0.3 is 0 Å². The number of aryl methyl sites for hydroxylation is 1. The monoisotopic (exact) mass is 209 g/mol. The van der Waals surface area contributed by atoms with Crippen molar-refractivity contribution in [2.75, 3.05) is 0 Å². The summed E-state index contributed by atoms with van der Waals surface area (Å²) in [5.41, 5.74) is 12.4. The molecule has 0 spiro atoms. The van der Waals surface area contributed by atoms with Gasteiger partial charge in [-0.3, -0.25) is 0 Å². The van der Waals surface area contributed by atoms with Crippen molar-refractivity contribution in [1.82, 2.24) is 0 Å². The maximum Gasteiger partial charge on any atom is 0.0404 e. The van der Waals surface area contributed by atoms with Crippen molar-refractivity contribution < 1.29 is 0 Å². The molecule has 0 aromatic heterocycles. The molecular formula is C13H11N3.